The van der Waals surface area contributed by atoms with Gasteiger partial charge in [-0.05, 0) is 62.3 Å². The summed E-state index contributed by atoms with van der Waals surface area (Å²) in [5.41, 5.74) is 6.09. The number of hydrogen-bond donors (Lipinski definition) is 0. The summed E-state index contributed by atoms with van der Waals surface area (Å²) in [6, 6.07) is 9.49. The first-order chi connectivity index (χ1) is 10.5. The normalized spacial score (nSPS) is 21.5. The number of benzene rings is 1. The van der Waals surface area contributed by atoms with Crippen molar-refractivity contribution >= 4 is 5.57 Å². The molecular formula is C21H33N. The maximum absolute atomic E-state index is 2.59. The maximum Gasteiger partial charge on any atom is 0.0336 e. The van der Waals surface area contributed by atoms with Crippen LogP contribution in [0.1, 0.15) is 58.1 Å². The Morgan fingerprint density at radius 1 is 1.18 bits per heavy atom. The summed E-state index contributed by atoms with van der Waals surface area (Å²) in [4.78, 5) is 2.59. The summed E-state index contributed by atoms with van der Waals surface area (Å²) in [5, 5.41) is 0. The average molecular weight is 300 g/mol. The van der Waals surface area contributed by atoms with Crippen LogP contribution in [-0.2, 0) is 0 Å². The first-order valence-corrected chi connectivity index (χ1v) is 8.91. The van der Waals surface area contributed by atoms with Gasteiger partial charge in [0.05, 0.1) is 0 Å². The van der Waals surface area contributed by atoms with E-state index in [9.17, 15) is 0 Å². The van der Waals surface area contributed by atoms with Crippen molar-refractivity contribution in [3.8, 4) is 0 Å². The van der Waals surface area contributed by atoms with Gasteiger partial charge in [0.1, 0.15) is 0 Å². The predicted molar refractivity (Wildman–Crippen MR) is 98.0 cm³/mol. The Bertz CT molecular complexity index is 526. The standard InChI is InChI=1S/C21H33N/c1-7-18(14-15(2)3)21-17(5)20(12-13-22(21)6)19-11-9-8-10-16(19)4/h8-11,15,18,21H,7,12-14H2,1-6H3. The average Bonchev–Trinajstić information content (AvgIpc) is 2.47. The molecule has 1 nitrogen and oxygen atoms in total. The van der Waals surface area contributed by atoms with Crippen molar-refractivity contribution in [1.82, 2.24) is 4.90 Å². The monoisotopic (exact) mass is 299 g/mol. The molecule has 0 fully saturated rings. The van der Waals surface area contributed by atoms with E-state index < -0.39 is 0 Å². The molecule has 0 amide bonds. The zero-order chi connectivity index (χ0) is 16.3. The Balaban J connectivity index is 2.40. The minimum Gasteiger partial charge on any atom is -0.299 e. The van der Waals surface area contributed by atoms with Gasteiger partial charge in [-0.2, -0.15) is 0 Å². The van der Waals surface area contributed by atoms with E-state index in [0.717, 1.165) is 11.8 Å². The van der Waals surface area contributed by atoms with Crippen molar-refractivity contribution in [1.29, 1.82) is 0 Å². The lowest BCUT2D eigenvalue weighted by Gasteiger charge is -2.41. The van der Waals surface area contributed by atoms with Gasteiger partial charge in [-0.3, -0.25) is 4.90 Å². The van der Waals surface area contributed by atoms with E-state index in [1.54, 1.807) is 11.1 Å². The first kappa shape index (κ1) is 17.3. The van der Waals surface area contributed by atoms with E-state index in [2.05, 4.69) is 70.8 Å². The summed E-state index contributed by atoms with van der Waals surface area (Å²) >= 11 is 0. The maximum atomic E-state index is 2.59. The predicted octanol–water partition coefficient (Wildman–Crippen LogP) is 5.54. The molecule has 1 aromatic rings. The highest BCUT2D eigenvalue weighted by molar-refractivity contribution is 5.72. The van der Waals surface area contributed by atoms with Crippen LogP contribution in [0.15, 0.2) is 29.8 Å². The van der Waals surface area contributed by atoms with Crippen LogP contribution < -0.4 is 0 Å². The van der Waals surface area contributed by atoms with Gasteiger partial charge in [0.15, 0.2) is 0 Å². The Hall–Kier alpha value is -1.08. The fourth-order valence-electron chi connectivity index (χ4n) is 4.23. The lowest BCUT2D eigenvalue weighted by atomic mass is 9.78. The molecule has 2 rings (SSSR count). The molecule has 2 atom stereocenters. The molecule has 0 bridgehead atoms. The first-order valence-electron chi connectivity index (χ1n) is 8.91. The molecule has 0 saturated carbocycles. The lowest BCUT2D eigenvalue weighted by Crippen LogP contribution is -2.43. The zero-order valence-corrected chi connectivity index (χ0v) is 15.3. The van der Waals surface area contributed by atoms with Gasteiger partial charge < -0.3 is 0 Å². The van der Waals surface area contributed by atoms with Crippen molar-refractivity contribution in [2.45, 2.75) is 59.9 Å². The van der Waals surface area contributed by atoms with Crippen molar-refractivity contribution < 1.29 is 0 Å². The van der Waals surface area contributed by atoms with Crippen LogP contribution in [0, 0.1) is 18.8 Å². The van der Waals surface area contributed by atoms with Gasteiger partial charge in [0.25, 0.3) is 0 Å². The molecule has 0 spiro atoms. The highest BCUT2D eigenvalue weighted by atomic mass is 15.1. The third kappa shape index (κ3) is 3.63. The largest absolute Gasteiger partial charge is 0.299 e. The lowest BCUT2D eigenvalue weighted by molar-refractivity contribution is 0.176. The molecular weight excluding hydrogens is 266 g/mol. The molecule has 22 heavy (non-hydrogen) atoms. The minimum absolute atomic E-state index is 0.607. The Labute approximate surface area is 137 Å². The molecule has 0 aliphatic carbocycles. The quantitative estimate of drug-likeness (QED) is 0.689. The summed E-state index contributed by atoms with van der Waals surface area (Å²) in [6.07, 6.45) is 3.78. The molecule has 1 aliphatic heterocycles. The van der Waals surface area contributed by atoms with Crippen LogP contribution in [0.25, 0.3) is 5.57 Å². The van der Waals surface area contributed by atoms with Crippen LogP contribution in [0.4, 0.5) is 0 Å². The number of rotatable bonds is 5. The summed E-state index contributed by atoms with van der Waals surface area (Å²) in [5.74, 6) is 1.54. The minimum atomic E-state index is 0.607. The smallest absolute Gasteiger partial charge is 0.0336 e. The van der Waals surface area contributed by atoms with Crippen LogP contribution in [0.5, 0.6) is 0 Å². The highest BCUT2D eigenvalue weighted by Gasteiger charge is 2.31. The fraction of sp³-hybridized carbons (Fsp3) is 0.619. The van der Waals surface area contributed by atoms with E-state index in [1.807, 2.05) is 0 Å². The molecule has 1 heterocycles. The van der Waals surface area contributed by atoms with Crippen LogP contribution in [0.3, 0.4) is 0 Å². The SMILES string of the molecule is CCC(CC(C)C)C1C(C)=C(c2ccccc2C)CCN1C. The van der Waals surface area contributed by atoms with Crippen LogP contribution >= 0.6 is 0 Å². The van der Waals surface area contributed by atoms with Gasteiger partial charge >= 0.3 is 0 Å². The topological polar surface area (TPSA) is 3.24 Å². The molecule has 0 N–H and O–H groups in total. The van der Waals surface area contributed by atoms with Crippen molar-refractivity contribution in [3.63, 3.8) is 0 Å². The summed E-state index contributed by atoms with van der Waals surface area (Å²) < 4.78 is 0. The van der Waals surface area contributed by atoms with Gasteiger partial charge in [0, 0.05) is 12.6 Å². The number of likely N-dealkylation sites (N-methyl/N-ethyl adjacent to an activating group) is 1. The molecule has 2 unspecified atom stereocenters. The molecule has 0 radical (unpaired) electrons. The second-order valence-corrected chi connectivity index (χ2v) is 7.45. The van der Waals surface area contributed by atoms with Crippen LogP contribution in [0.2, 0.25) is 0 Å². The second-order valence-electron chi connectivity index (χ2n) is 7.45. The third-order valence-corrected chi connectivity index (χ3v) is 5.32. The summed E-state index contributed by atoms with van der Waals surface area (Å²) in [6.45, 7) is 12.9. The number of hydrogen-bond acceptors (Lipinski definition) is 1. The molecule has 0 aromatic heterocycles. The van der Waals surface area contributed by atoms with E-state index in [0.29, 0.717) is 6.04 Å². The highest BCUT2D eigenvalue weighted by Crippen LogP contribution is 2.37. The molecule has 1 heteroatoms. The van der Waals surface area contributed by atoms with Gasteiger partial charge in [0.2, 0.25) is 0 Å². The molecule has 0 saturated heterocycles. The molecule has 1 aromatic carbocycles. The second kappa shape index (κ2) is 7.46. The van der Waals surface area contributed by atoms with Gasteiger partial charge in [-0.25, -0.2) is 0 Å². The van der Waals surface area contributed by atoms with E-state index >= 15 is 0 Å². The Morgan fingerprint density at radius 2 is 1.86 bits per heavy atom. The fourth-order valence-corrected chi connectivity index (χ4v) is 4.23. The van der Waals surface area contributed by atoms with Crippen molar-refractivity contribution in [2.24, 2.45) is 11.8 Å². The van der Waals surface area contributed by atoms with Gasteiger partial charge in [-0.15, -0.1) is 0 Å². The molecule has 122 valence electrons. The van der Waals surface area contributed by atoms with Gasteiger partial charge in [-0.1, -0.05) is 57.0 Å². The summed E-state index contributed by atoms with van der Waals surface area (Å²) in [7, 11) is 2.31. The Kier molecular flexibility index (Phi) is 5.86. The van der Waals surface area contributed by atoms with E-state index in [4.69, 9.17) is 0 Å². The number of nitrogens with zero attached hydrogens (tertiary/aromatic N) is 1. The van der Waals surface area contributed by atoms with Crippen molar-refractivity contribution in [3.05, 3.63) is 41.0 Å². The van der Waals surface area contributed by atoms with Crippen molar-refractivity contribution in [2.75, 3.05) is 13.6 Å². The van der Waals surface area contributed by atoms with Crippen LogP contribution in [-0.4, -0.2) is 24.5 Å². The Morgan fingerprint density at radius 3 is 2.45 bits per heavy atom. The number of aryl methyl sites for hydroxylation is 1. The molecule has 1 aliphatic rings. The zero-order valence-electron chi connectivity index (χ0n) is 15.3. The van der Waals surface area contributed by atoms with E-state index in [1.165, 1.54) is 36.9 Å². The third-order valence-electron chi connectivity index (χ3n) is 5.32. The van der Waals surface area contributed by atoms with E-state index in [-0.39, 0.29) is 0 Å².